The van der Waals surface area contributed by atoms with Crippen LogP contribution in [-0.2, 0) is 0 Å². The number of aromatic hydroxyl groups is 1. The van der Waals surface area contributed by atoms with Crippen molar-refractivity contribution >= 4 is 5.91 Å². The molecule has 0 aromatic heterocycles. The molecule has 1 amide bonds. The van der Waals surface area contributed by atoms with Crippen LogP contribution in [0.2, 0.25) is 0 Å². The Morgan fingerprint density at radius 1 is 1.50 bits per heavy atom. The number of rotatable bonds is 2. The number of hydrogen-bond acceptors (Lipinski definition) is 2. The molecule has 98 valence electrons. The molecular formula is C14H18FNO2. The first-order valence-electron chi connectivity index (χ1n) is 6.17. The Labute approximate surface area is 106 Å². The zero-order valence-corrected chi connectivity index (χ0v) is 10.7. The summed E-state index contributed by atoms with van der Waals surface area (Å²) in [5.41, 5.74) is -0.0444. The zero-order valence-electron chi connectivity index (χ0n) is 10.7. The first-order chi connectivity index (χ1) is 8.39. The summed E-state index contributed by atoms with van der Waals surface area (Å²) in [6.07, 6.45) is 2.82. The van der Waals surface area contributed by atoms with Crippen LogP contribution in [0.15, 0.2) is 18.2 Å². The average Bonchev–Trinajstić information content (AvgIpc) is 2.57. The molecule has 0 bridgehead atoms. The van der Waals surface area contributed by atoms with E-state index in [2.05, 4.69) is 19.2 Å². The van der Waals surface area contributed by atoms with Crippen molar-refractivity contribution in [3.05, 3.63) is 29.6 Å². The first kappa shape index (κ1) is 12.9. The van der Waals surface area contributed by atoms with Crippen LogP contribution in [0.1, 0.15) is 43.5 Å². The first-order valence-corrected chi connectivity index (χ1v) is 6.17. The minimum Gasteiger partial charge on any atom is -0.507 e. The van der Waals surface area contributed by atoms with Crippen molar-refractivity contribution in [2.24, 2.45) is 5.41 Å². The van der Waals surface area contributed by atoms with Gasteiger partial charge in [-0.1, -0.05) is 19.9 Å². The Hall–Kier alpha value is -1.58. The summed E-state index contributed by atoms with van der Waals surface area (Å²) in [5, 5.41) is 12.3. The lowest BCUT2D eigenvalue weighted by atomic mass is 9.92. The molecule has 2 N–H and O–H groups in total. The van der Waals surface area contributed by atoms with Crippen LogP contribution < -0.4 is 5.32 Å². The number of carbonyl (C=O) groups is 1. The van der Waals surface area contributed by atoms with E-state index < -0.39 is 11.7 Å². The maximum atomic E-state index is 13.5. The molecule has 0 heterocycles. The highest BCUT2D eigenvalue weighted by Crippen LogP contribution is 2.37. The predicted molar refractivity (Wildman–Crippen MR) is 67.0 cm³/mol. The molecule has 1 aromatic rings. The summed E-state index contributed by atoms with van der Waals surface area (Å²) < 4.78 is 13.5. The van der Waals surface area contributed by atoms with E-state index in [1.165, 1.54) is 18.2 Å². The van der Waals surface area contributed by atoms with E-state index in [-0.39, 0.29) is 22.8 Å². The quantitative estimate of drug-likeness (QED) is 0.849. The molecule has 1 fully saturated rings. The second-order valence-corrected chi connectivity index (χ2v) is 5.71. The zero-order chi connectivity index (χ0) is 13.3. The van der Waals surface area contributed by atoms with Crippen LogP contribution in [0.3, 0.4) is 0 Å². The van der Waals surface area contributed by atoms with Gasteiger partial charge >= 0.3 is 0 Å². The Balaban J connectivity index is 2.09. The molecule has 3 nitrogen and oxygen atoms in total. The number of phenols is 1. The third-order valence-electron chi connectivity index (χ3n) is 3.52. The van der Waals surface area contributed by atoms with E-state index in [9.17, 15) is 14.3 Å². The molecule has 4 heteroatoms. The second-order valence-electron chi connectivity index (χ2n) is 5.71. The molecule has 1 aromatic carbocycles. The number of nitrogens with one attached hydrogen (secondary N) is 1. The van der Waals surface area contributed by atoms with Crippen molar-refractivity contribution in [2.75, 3.05) is 0 Å². The molecule has 0 radical (unpaired) electrons. The van der Waals surface area contributed by atoms with Gasteiger partial charge in [-0.05, 0) is 36.8 Å². The SMILES string of the molecule is CC1(C)CCC(NC(=O)c2c(O)cccc2F)C1. The molecular weight excluding hydrogens is 233 g/mol. The van der Waals surface area contributed by atoms with Gasteiger partial charge in [-0.3, -0.25) is 4.79 Å². The van der Waals surface area contributed by atoms with E-state index in [0.717, 1.165) is 19.3 Å². The Morgan fingerprint density at radius 2 is 2.22 bits per heavy atom. The molecule has 1 aliphatic carbocycles. The van der Waals surface area contributed by atoms with E-state index in [1.807, 2.05) is 0 Å². The molecule has 1 saturated carbocycles. The van der Waals surface area contributed by atoms with E-state index in [0.29, 0.717) is 0 Å². The van der Waals surface area contributed by atoms with Crippen molar-refractivity contribution in [3.63, 3.8) is 0 Å². The largest absolute Gasteiger partial charge is 0.507 e. The Kier molecular flexibility index (Phi) is 3.28. The second kappa shape index (κ2) is 4.59. The van der Waals surface area contributed by atoms with E-state index >= 15 is 0 Å². The summed E-state index contributed by atoms with van der Waals surface area (Å²) in [6, 6.07) is 3.93. The van der Waals surface area contributed by atoms with E-state index in [4.69, 9.17) is 0 Å². The molecule has 0 spiro atoms. The topological polar surface area (TPSA) is 49.3 Å². The van der Waals surface area contributed by atoms with Gasteiger partial charge in [-0.15, -0.1) is 0 Å². The fourth-order valence-electron chi connectivity index (χ4n) is 2.55. The number of hydrogen-bond donors (Lipinski definition) is 2. The minimum absolute atomic E-state index is 0.0616. The lowest BCUT2D eigenvalue weighted by Gasteiger charge is -2.18. The highest BCUT2D eigenvalue weighted by molar-refractivity contribution is 5.97. The third-order valence-corrected chi connectivity index (χ3v) is 3.52. The highest BCUT2D eigenvalue weighted by Gasteiger charge is 2.32. The van der Waals surface area contributed by atoms with Crippen LogP contribution in [0.25, 0.3) is 0 Å². The molecule has 1 unspecified atom stereocenters. The molecule has 1 aliphatic rings. The number of benzene rings is 1. The van der Waals surface area contributed by atoms with Gasteiger partial charge in [0.1, 0.15) is 17.1 Å². The van der Waals surface area contributed by atoms with Crippen LogP contribution in [-0.4, -0.2) is 17.1 Å². The lowest BCUT2D eigenvalue weighted by Crippen LogP contribution is -2.34. The molecule has 0 saturated heterocycles. The normalized spacial score (nSPS) is 21.8. The van der Waals surface area contributed by atoms with Crippen LogP contribution >= 0.6 is 0 Å². The van der Waals surface area contributed by atoms with Crippen molar-refractivity contribution in [3.8, 4) is 5.75 Å². The van der Waals surface area contributed by atoms with Gasteiger partial charge in [0.05, 0.1) is 0 Å². The van der Waals surface area contributed by atoms with Gasteiger partial charge in [0.15, 0.2) is 0 Å². The Morgan fingerprint density at radius 3 is 2.78 bits per heavy atom. The number of amides is 1. The summed E-state index contributed by atoms with van der Waals surface area (Å²) in [5.74, 6) is -1.54. The maximum Gasteiger partial charge on any atom is 0.258 e. The predicted octanol–water partition coefficient (Wildman–Crippen LogP) is 2.84. The molecule has 0 aliphatic heterocycles. The molecule has 18 heavy (non-hydrogen) atoms. The summed E-state index contributed by atoms with van der Waals surface area (Å²) in [7, 11) is 0. The minimum atomic E-state index is -0.690. The maximum absolute atomic E-state index is 13.5. The van der Waals surface area contributed by atoms with Crippen molar-refractivity contribution in [2.45, 2.75) is 39.2 Å². The fourth-order valence-corrected chi connectivity index (χ4v) is 2.55. The number of phenolic OH excluding ortho intramolecular Hbond substituents is 1. The van der Waals surface area contributed by atoms with Gasteiger partial charge in [-0.2, -0.15) is 0 Å². The lowest BCUT2D eigenvalue weighted by molar-refractivity contribution is 0.0929. The smallest absolute Gasteiger partial charge is 0.258 e. The summed E-state index contributed by atoms with van der Waals surface area (Å²) in [4.78, 5) is 11.9. The molecule has 2 rings (SSSR count). The summed E-state index contributed by atoms with van der Waals surface area (Å²) in [6.45, 7) is 4.31. The van der Waals surface area contributed by atoms with Crippen molar-refractivity contribution < 1.29 is 14.3 Å². The summed E-state index contributed by atoms with van der Waals surface area (Å²) >= 11 is 0. The van der Waals surface area contributed by atoms with Gasteiger partial charge < -0.3 is 10.4 Å². The third kappa shape index (κ3) is 2.63. The van der Waals surface area contributed by atoms with Crippen molar-refractivity contribution in [1.82, 2.24) is 5.32 Å². The van der Waals surface area contributed by atoms with Gasteiger partial charge in [0.2, 0.25) is 0 Å². The van der Waals surface area contributed by atoms with Crippen molar-refractivity contribution in [1.29, 1.82) is 0 Å². The standard InChI is InChI=1S/C14H18FNO2/c1-14(2)7-6-9(8-14)16-13(18)12-10(15)4-3-5-11(12)17/h3-5,9,17H,6-8H2,1-2H3,(H,16,18). The average molecular weight is 251 g/mol. The van der Waals surface area contributed by atoms with Gasteiger partial charge in [0, 0.05) is 6.04 Å². The van der Waals surface area contributed by atoms with Crippen LogP contribution in [0.5, 0.6) is 5.75 Å². The number of halogens is 1. The monoisotopic (exact) mass is 251 g/mol. The number of carbonyl (C=O) groups excluding carboxylic acids is 1. The van der Waals surface area contributed by atoms with Gasteiger partial charge in [0.25, 0.3) is 5.91 Å². The molecule has 1 atom stereocenters. The van der Waals surface area contributed by atoms with Gasteiger partial charge in [-0.25, -0.2) is 4.39 Å². The van der Waals surface area contributed by atoms with E-state index in [1.54, 1.807) is 0 Å². The highest BCUT2D eigenvalue weighted by atomic mass is 19.1. The van der Waals surface area contributed by atoms with Crippen LogP contribution in [0, 0.1) is 11.2 Å². The Bertz CT molecular complexity index is 451. The fraction of sp³-hybridized carbons (Fsp3) is 0.500. The van der Waals surface area contributed by atoms with Crippen LogP contribution in [0.4, 0.5) is 4.39 Å².